The van der Waals surface area contributed by atoms with Crippen molar-refractivity contribution in [1.82, 2.24) is 25.4 Å². The summed E-state index contributed by atoms with van der Waals surface area (Å²) in [5.41, 5.74) is -1.97. The molecule has 13 heteroatoms. The maximum atomic E-state index is 14.3. The zero-order chi connectivity index (χ0) is 28.0. The smallest absolute Gasteiger partial charge is 0.396 e. The zero-order valence-corrected chi connectivity index (χ0v) is 21.5. The highest BCUT2D eigenvalue weighted by atomic mass is 19.4. The van der Waals surface area contributed by atoms with Gasteiger partial charge in [-0.25, -0.2) is 9.37 Å². The number of rotatable bonds is 6. The van der Waals surface area contributed by atoms with Crippen LogP contribution in [0.4, 0.5) is 17.6 Å². The molecule has 0 bridgehead atoms. The van der Waals surface area contributed by atoms with Crippen LogP contribution in [0.25, 0.3) is 11.3 Å². The van der Waals surface area contributed by atoms with Crippen LogP contribution in [0.15, 0.2) is 18.3 Å². The first kappa shape index (κ1) is 27.4. The number of nitrogens with one attached hydrogen (secondary N) is 2. The highest BCUT2D eigenvalue weighted by Gasteiger charge is 2.56. The number of aromatic nitrogens is 3. The normalized spacial score (nSPS) is 26.4. The standard InChI is InChI=1S/C26H31F4N5O4/c1-39-21-10-17(18(27)13-31-21)19-11-20(34-33-19)23(38)35-9-4-15(12-25(35)7-8-25)22(37)32-16-2-5-24(14-36,6-3-16)26(28,29)30/h10-11,13,15-16,36H,2-9,12,14H2,1H3,(H,32,37)(H,33,34). The first-order valence-electron chi connectivity index (χ1n) is 13.1. The van der Waals surface area contributed by atoms with E-state index in [4.69, 9.17) is 4.74 Å². The molecule has 1 aliphatic heterocycles. The second kappa shape index (κ2) is 10.1. The molecule has 9 nitrogen and oxygen atoms in total. The topological polar surface area (TPSA) is 120 Å². The number of nitrogens with zero attached hydrogens (tertiary/aromatic N) is 3. The largest absolute Gasteiger partial charge is 0.481 e. The lowest BCUT2D eigenvalue weighted by atomic mass is 9.72. The van der Waals surface area contributed by atoms with E-state index >= 15 is 0 Å². The number of methoxy groups -OCH3 is 1. The monoisotopic (exact) mass is 553 g/mol. The summed E-state index contributed by atoms with van der Waals surface area (Å²) < 4.78 is 59.6. The van der Waals surface area contributed by atoms with Gasteiger partial charge in [0.15, 0.2) is 5.82 Å². The number of amides is 2. The summed E-state index contributed by atoms with van der Waals surface area (Å²) in [7, 11) is 1.41. The first-order valence-corrected chi connectivity index (χ1v) is 13.1. The Labute approximate surface area is 222 Å². The lowest BCUT2D eigenvalue weighted by molar-refractivity contribution is -0.246. The Morgan fingerprint density at radius 1 is 1.21 bits per heavy atom. The van der Waals surface area contributed by atoms with E-state index in [-0.39, 0.29) is 72.3 Å². The number of aromatic amines is 1. The molecule has 2 amide bonds. The lowest BCUT2D eigenvalue weighted by Crippen LogP contribution is -2.53. The van der Waals surface area contributed by atoms with E-state index in [1.165, 1.54) is 19.2 Å². The minimum Gasteiger partial charge on any atom is -0.481 e. The number of carbonyl (C=O) groups excluding carboxylic acids is 2. The van der Waals surface area contributed by atoms with Gasteiger partial charge in [-0.05, 0) is 57.4 Å². The molecule has 1 spiro atoms. The van der Waals surface area contributed by atoms with Gasteiger partial charge in [0.05, 0.1) is 31.0 Å². The number of halogens is 4. The minimum absolute atomic E-state index is 0.142. The van der Waals surface area contributed by atoms with Gasteiger partial charge in [-0.15, -0.1) is 0 Å². The van der Waals surface area contributed by atoms with Gasteiger partial charge in [0, 0.05) is 35.7 Å². The van der Waals surface area contributed by atoms with Crippen LogP contribution in [0.5, 0.6) is 5.88 Å². The predicted octanol–water partition coefficient (Wildman–Crippen LogP) is 3.60. The maximum absolute atomic E-state index is 14.3. The molecule has 3 heterocycles. The van der Waals surface area contributed by atoms with E-state index in [1.807, 2.05) is 0 Å². The molecule has 2 aliphatic carbocycles. The number of aliphatic hydroxyl groups is 1. The molecule has 39 heavy (non-hydrogen) atoms. The summed E-state index contributed by atoms with van der Waals surface area (Å²) in [6.07, 6.45) is -1.23. The first-order chi connectivity index (χ1) is 18.5. The number of piperidine rings is 1. The summed E-state index contributed by atoms with van der Waals surface area (Å²) in [6.45, 7) is -0.606. The van der Waals surface area contributed by atoms with Crippen molar-refractivity contribution in [3.8, 4) is 17.1 Å². The number of pyridine rings is 1. The van der Waals surface area contributed by atoms with E-state index < -0.39 is 29.6 Å². The third-order valence-electron chi connectivity index (χ3n) is 8.66. The molecule has 0 radical (unpaired) electrons. The Bertz CT molecular complexity index is 1240. The minimum atomic E-state index is -4.48. The van der Waals surface area contributed by atoms with Crippen LogP contribution in [0.2, 0.25) is 0 Å². The van der Waals surface area contributed by atoms with Crippen LogP contribution < -0.4 is 10.1 Å². The molecule has 1 atom stereocenters. The number of aliphatic hydroxyl groups excluding tert-OH is 1. The average Bonchev–Trinajstić information content (AvgIpc) is 3.49. The lowest BCUT2D eigenvalue weighted by Gasteiger charge is -2.42. The van der Waals surface area contributed by atoms with Crippen LogP contribution in [-0.2, 0) is 4.79 Å². The van der Waals surface area contributed by atoms with Gasteiger partial charge in [0.1, 0.15) is 5.69 Å². The second-order valence-corrected chi connectivity index (χ2v) is 11.0. The SMILES string of the molecule is COc1cc(-c2cc(C(=O)N3CCC(C(=O)NC4CCC(CO)(C(F)(F)F)CC4)CC34CC4)[nH]n2)c(F)cn1. The van der Waals surface area contributed by atoms with Crippen molar-refractivity contribution >= 4 is 11.8 Å². The number of hydrogen-bond acceptors (Lipinski definition) is 6. The molecule has 1 saturated heterocycles. The van der Waals surface area contributed by atoms with Gasteiger partial charge in [-0.3, -0.25) is 14.7 Å². The van der Waals surface area contributed by atoms with Crippen LogP contribution in [0.3, 0.4) is 0 Å². The summed E-state index contributed by atoms with van der Waals surface area (Å²) in [6, 6.07) is 2.50. The number of ether oxygens (including phenoxy) is 1. The van der Waals surface area contributed by atoms with Crippen LogP contribution in [0.1, 0.15) is 61.9 Å². The van der Waals surface area contributed by atoms with Crippen molar-refractivity contribution in [2.24, 2.45) is 11.3 Å². The molecule has 5 rings (SSSR count). The quantitative estimate of drug-likeness (QED) is 0.471. The number of alkyl halides is 3. The molecule has 0 aromatic carbocycles. The summed E-state index contributed by atoms with van der Waals surface area (Å²) in [5, 5.41) is 19.1. The Hall–Kier alpha value is -3.22. The van der Waals surface area contributed by atoms with Gasteiger partial charge in [-0.2, -0.15) is 18.3 Å². The molecular formula is C26H31F4N5O4. The maximum Gasteiger partial charge on any atom is 0.396 e. The van der Waals surface area contributed by atoms with Gasteiger partial charge >= 0.3 is 6.18 Å². The van der Waals surface area contributed by atoms with Crippen LogP contribution in [0, 0.1) is 17.2 Å². The highest BCUT2D eigenvalue weighted by Crippen LogP contribution is 2.51. The molecule has 2 aromatic heterocycles. The zero-order valence-electron chi connectivity index (χ0n) is 21.5. The number of likely N-dealkylation sites (tertiary alicyclic amines) is 1. The van der Waals surface area contributed by atoms with E-state index in [9.17, 15) is 32.3 Å². The van der Waals surface area contributed by atoms with Gasteiger partial charge in [-0.1, -0.05) is 0 Å². The van der Waals surface area contributed by atoms with Crippen LogP contribution in [-0.4, -0.2) is 75.0 Å². The fraction of sp³-hybridized carbons (Fsp3) is 0.615. The Kier molecular flexibility index (Phi) is 7.06. The molecule has 2 aromatic rings. The van der Waals surface area contributed by atoms with Gasteiger partial charge < -0.3 is 20.1 Å². The molecule has 3 N–H and O–H groups in total. The Morgan fingerprint density at radius 2 is 1.92 bits per heavy atom. The fourth-order valence-electron chi connectivity index (χ4n) is 5.96. The van der Waals surface area contributed by atoms with E-state index in [0.717, 1.165) is 19.0 Å². The van der Waals surface area contributed by atoms with Gasteiger partial charge in [0.2, 0.25) is 11.8 Å². The summed E-state index contributed by atoms with van der Waals surface area (Å²) >= 11 is 0. The molecule has 3 aliphatic rings. The molecule has 2 saturated carbocycles. The van der Waals surface area contributed by atoms with E-state index in [1.54, 1.807) is 4.90 Å². The van der Waals surface area contributed by atoms with Crippen molar-refractivity contribution < 1.29 is 37.0 Å². The van der Waals surface area contributed by atoms with Crippen molar-refractivity contribution in [3.05, 3.63) is 29.8 Å². The van der Waals surface area contributed by atoms with Crippen molar-refractivity contribution in [2.45, 2.75) is 69.1 Å². The highest BCUT2D eigenvalue weighted by molar-refractivity contribution is 5.94. The number of hydrogen-bond donors (Lipinski definition) is 3. The van der Waals surface area contributed by atoms with Crippen molar-refractivity contribution in [1.29, 1.82) is 0 Å². The predicted molar refractivity (Wildman–Crippen MR) is 130 cm³/mol. The average molecular weight is 554 g/mol. The molecular weight excluding hydrogens is 522 g/mol. The Balaban J connectivity index is 1.20. The number of carbonyl (C=O) groups is 2. The van der Waals surface area contributed by atoms with Crippen LogP contribution >= 0.6 is 0 Å². The van der Waals surface area contributed by atoms with Gasteiger partial charge in [0.25, 0.3) is 5.91 Å². The van der Waals surface area contributed by atoms with E-state index in [2.05, 4.69) is 20.5 Å². The third kappa shape index (κ3) is 5.08. The summed E-state index contributed by atoms with van der Waals surface area (Å²) in [5.74, 6) is -1.23. The number of H-pyrrole nitrogens is 1. The molecule has 3 fully saturated rings. The Morgan fingerprint density at radius 3 is 2.54 bits per heavy atom. The third-order valence-corrected chi connectivity index (χ3v) is 8.66. The molecule has 1 unspecified atom stereocenters. The van der Waals surface area contributed by atoms with E-state index in [0.29, 0.717) is 19.4 Å². The summed E-state index contributed by atoms with van der Waals surface area (Å²) in [4.78, 5) is 32.0. The fourth-order valence-corrected chi connectivity index (χ4v) is 5.96. The molecule has 212 valence electrons. The second-order valence-electron chi connectivity index (χ2n) is 11.0. The van der Waals surface area contributed by atoms with Crippen molar-refractivity contribution in [2.75, 3.05) is 20.3 Å². The van der Waals surface area contributed by atoms with Crippen molar-refractivity contribution in [3.63, 3.8) is 0 Å².